The third-order valence-corrected chi connectivity index (χ3v) is 4.46. The van der Waals surface area contributed by atoms with Gasteiger partial charge in [-0.15, -0.1) is 13.2 Å². The van der Waals surface area contributed by atoms with Gasteiger partial charge in [-0.3, -0.25) is 0 Å². The molecule has 0 radical (unpaired) electrons. The van der Waals surface area contributed by atoms with Gasteiger partial charge in [0, 0.05) is 11.1 Å². The second-order valence-electron chi connectivity index (χ2n) is 6.33. The van der Waals surface area contributed by atoms with Gasteiger partial charge in [0.25, 0.3) is 5.89 Å². The molecule has 2 aromatic carbocycles. The maximum absolute atomic E-state index is 13.6. The van der Waals surface area contributed by atoms with E-state index in [-0.39, 0.29) is 27.7 Å². The van der Waals surface area contributed by atoms with Gasteiger partial charge in [0.15, 0.2) is 0 Å². The molecule has 0 unspecified atom stereocenters. The third-order valence-electron chi connectivity index (χ3n) is 4.13. The van der Waals surface area contributed by atoms with E-state index in [1.807, 2.05) is 0 Å². The van der Waals surface area contributed by atoms with Gasteiger partial charge in [-0.05, 0) is 42.5 Å². The maximum atomic E-state index is 13.6. The highest BCUT2D eigenvalue weighted by molar-refractivity contribution is 6.33. The zero-order chi connectivity index (χ0) is 23.1. The molecule has 0 aliphatic rings. The predicted molar refractivity (Wildman–Crippen MR) is 99.6 cm³/mol. The molecule has 166 valence electrons. The summed E-state index contributed by atoms with van der Waals surface area (Å²) >= 11 is 6.04. The molecule has 0 atom stereocenters. The van der Waals surface area contributed by atoms with Crippen LogP contribution in [0, 0.1) is 0 Å². The van der Waals surface area contributed by atoms with Gasteiger partial charge in [0.05, 0.1) is 10.6 Å². The van der Waals surface area contributed by atoms with Crippen molar-refractivity contribution in [3.63, 3.8) is 0 Å². The maximum Gasteiger partial charge on any atom is 0.573 e. The van der Waals surface area contributed by atoms with Crippen molar-refractivity contribution in [3.05, 3.63) is 65.4 Å². The van der Waals surface area contributed by atoms with Gasteiger partial charge in [-0.1, -0.05) is 28.9 Å². The molecule has 0 spiro atoms. The lowest BCUT2D eigenvalue weighted by Crippen LogP contribution is -2.16. The monoisotopic (exact) mass is 474 g/mol. The Balaban J connectivity index is 1.70. The Morgan fingerprint density at radius 3 is 2.19 bits per heavy atom. The van der Waals surface area contributed by atoms with Crippen LogP contribution in [0.3, 0.4) is 0 Å². The van der Waals surface area contributed by atoms with Crippen molar-refractivity contribution in [2.45, 2.75) is 12.5 Å². The van der Waals surface area contributed by atoms with Gasteiger partial charge in [0.1, 0.15) is 11.5 Å². The summed E-state index contributed by atoms with van der Waals surface area (Å²) in [6.45, 7) is 0. The number of hydrogen-bond acceptors (Lipinski definition) is 5. The fraction of sp³-hybridized carbons (Fsp3) is 0.100. The number of furan rings is 1. The molecule has 2 heterocycles. The summed E-state index contributed by atoms with van der Waals surface area (Å²) < 4.78 is 91.2. The van der Waals surface area contributed by atoms with Gasteiger partial charge < -0.3 is 13.7 Å². The minimum Gasteiger partial charge on any atom is -0.451 e. The van der Waals surface area contributed by atoms with E-state index in [4.69, 9.17) is 20.5 Å². The van der Waals surface area contributed by atoms with Crippen LogP contribution < -0.4 is 4.74 Å². The average molecular weight is 475 g/mol. The SMILES string of the molecule is FC(F)(F)Oc1ccc(-c2noc(-c3cc(-c4ccccc4Cl)oc3C(F)(F)F)n2)cc1. The van der Waals surface area contributed by atoms with E-state index in [0.29, 0.717) is 0 Å². The Hall–Kier alpha value is -3.47. The molecule has 0 saturated carbocycles. The Labute approximate surface area is 180 Å². The molecule has 0 aliphatic heterocycles. The van der Waals surface area contributed by atoms with Gasteiger partial charge >= 0.3 is 12.5 Å². The quantitative estimate of drug-likeness (QED) is 0.292. The highest BCUT2D eigenvalue weighted by Crippen LogP contribution is 2.43. The summed E-state index contributed by atoms with van der Waals surface area (Å²) in [7, 11) is 0. The van der Waals surface area contributed by atoms with E-state index in [1.54, 1.807) is 12.1 Å². The van der Waals surface area contributed by atoms with Crippen molar-refractivity contribution in [2.24, 2.45) is 0 Å². The Kier molecular flexibility index (Phi) is 5.37. The molecular formula is C20H9ClF6N2O3. The summed E-state index contributed by atoms with van der Waals surface area (Å²) in [6, 6.07) is 11.6. The van der Waals surface area contributed by atoms with Crippen LogP contribution in [0.25, 0.3) is 34.2 Å². The largest absolute Gasteiger partial charge is 0.573 e. The molecule has 0 saturated heterocycles. The van der Waals surface area contributed by atoms with E-state index < -0.39 is 35.5 Å². The van der Waals surface area contributed by atoms with E-state index in [2.05, 4.69) is 14.9 Å². The van der Waals surface area contributed by atoms with Gasteiger partial charge in [-0.2, -0.15) is 18.2 Å². The summed E-state index contributed by atoms with van der Waals surface area (Å²) in [6.07, 6.45) is -9.74. The molecule has 0 N–H and O–H groups in total. The molecule has 5 nitrogen and oxygen atoms in total. The highest BCUT2D eigenvalue weighted by atomic mass is 35.5. The van der Waals surface area contributed by atoms with Crippen LogP contribution in [0.1, 0.15) is 5.76 Å². The van der Waals surface area contributed by atoms with E-state index >= 15 is 0 Å². The lowest BCUT2D eigenvalue weighted by Gasteiger charge is -2.08. The van der Waals surface area contributed by atoms with Crippen molar-refractivity contribution in [1.82, 2.24) is 10.1 Å². The normalized spacial score (nSPS) is 12.2. The summed E-state index contributed by atoms with van der Waals surface area (Å²) in [5.41, 5.74) is -0.0907. The number of halogens is 7. The summed E-state index contributed by atoms with van der Waals surface area (Å²) in [4.78, 5) is 3.92. The summed E-state index contributed by atoms with van der Waals surface area (Å²) in [5.74, 6) is -2.65. The number of ether oxygens (including phenoxy) is 1. The molecule has 0 bridgehead atoms. The van der Waals surface area contributed by atoms with Crippen LogP contribution in [0.2, 0.25) is 5.02 Å². The van der Waals surface area contributed by atoms with Gasteiger partial charge in [-0.25, -0.2) is 0 Å². The number of benzene rings is 2. The zero-order valence-electron chi connectivity index (χ0n) is 15.5. The lowest BCUT2D eigenvalue weighted by atomic mass is 10.1. The number of rotatable bonds is 4. The van der Waals surface area contributed by atoms with Crippen LogP contribution in [-0.4, -0.2) is 16.5 Å². The number of aromatic nitrogens is 2. The number of nitrogens with zero attached hydrogens (tertiary/aromatic N) is 2. The van der Waals surface area contributed by atoms with Gasteiger partial charge in [0.2, 0.25) is 11.6 Å². The van der Waals surface area contributed by atoms with Crippen LogP contribution in [-0.2, 0) is 6.18 Å². The summed E-state index contributed by atoms with van der Waals surface area (Å²) in [5, 5.41) is 3.78. The lowest BCUT2D eigenvalue weighted by molar-refractivity contribution is -0.274. The first-order chi connectivity index (χ1) is 15.0. The highest BCUT2D eigenvalue weighted by Gasteiger charge is 2.40. The Morgan fingerprint density at radius 2 is 1.56 bits per heavy atom. The molecule has 0 fully saturated rings. The van der Waals surface area contributed by atoms with E-state index in [9.17, 15) is 26.3 Å². The third kappa shape index (κ3) is 4.57. The predicted octanol–water partition coefficient (Wildman–Crippen LogP) is 7.23. The van der Waals surface area contributed by atoms with Crippen molar-refractivity contribution >= 4 is 11.6 Å². The minimum atomic E-state index is -4.87. The first kappa shape index (κ1) is 21.8. The molecule has 0 aliphatic carbocycles. The Bertz CT molecular complexity index is 1250. The molecule has 0 amide bonds. The molecule has 32 heavy (non-hydrogen) atoms. The first-order valence-electron chi connectivity index (χ1n) is 8.67. The number of hydrogen-bond donors (Lipinski definition) is 0. The zero-order valence-corrected chi connectivity index (χ0v) is 16.2. The fourth-order valence-electron chi connectivity index (χ4n) is 2.81. The molecule has 12 heteroatoms. The molecular weight excluding hydrogens is 466 g/mol. The molecule has 4 rings (SSSR count). The van der Waals surface area contributed by atoms with Crippen molar-refractivity contribution in [1.29, 1.82) is 0 Å². The van der Waals surface area contributed by atoms with Crippen molar-refractivity contribution in [2.75, 3.05) is 0 Å². The topological polar surface area (TPSA) is 61.3 Å². The minimum absolute atomic E-state index is 0.146. The average Bonchev–Trinajstić information content (AvgIpc) is 3.35. The fourth-order valence-corrected chi connectivity index (χ4v) is 3.04. The standard InChI is InChI=1S/C20H9ClF6N2O3/c21-14-4-2-1-3-12(14)15-9-13(16(30-15)19(22,23)24)18-28-17(29-32-18)10-5-7-11(8-6-10)31-20(25,26)27/h1-9H. The Morgan fingerprint density at radius 1 is 0.875 bits per heavy atom. The van der Waals surface area contributed by atoms with E-state index in [0.717, 1.165) is 18.2 Å². The van der Waals surface area contributed by atoms with E-state index in [1.165, 1.54) is 24.3 Å². The number of alkyl halides is 6. The van der Waals surface area contributed by atoms with Crippen LogP contribution >= 0.6 is 11.6 Å². The first-order valence-corrected chi connectivity index (χ1v) is 9.05. The second-order valence-corrected chi connectivity index (χ2v) is 6.73. The smallest absolute Gasteiger partial charge is 0.451 e. The van der Waals surface area contributed by atoms with Crippen LogP contribution in [0.15, 0.2) is 63.5 Å². The second kappa shape index (κ2) is 7.90. The van der Waals surface area contributed by atoms with Crippen LogP contribution in [0.4, 0.5) is 26.3 Å². The molecule has 4 aromatic rings. The van der Waals surface area contributed by atoms with Crippen LogP contribution in [0.5, 0.6) is 5.75 Å². The molecule has 2 aromatic heterocycles. The van der Waals surface area contributed by atoms with Crippen molar-refractivity contribution in [3.8, 4) is 39.9 Å². The van der Waals surface area contributed by atoms with Crippen molar-refractivity contribution < 1.29 is 40.0 Å².